The molecule has 0 radical (unpaired) electrons. The fourth-order valence-corrected chi connectivity index (χ4v) is 3.33. The molecule has 0 aliphatic heterocycles. The van der Waals surface area contributed by atoms with E-state index in [-0.39, 0.29) is 28.2 Å². The van der Waals surface area contributed by atoms with Gasteiger partial charge in [0.1, 0.15) is 17.1 Å². The van der Waals surface area contributed by atoms with E-state index in [1.165, 1.54) is 67.4 Å². The van der Waals surface area contributed by atoms with Gasteiger partial charge in [-0.15, -0.1) is 11.8 Å². The Morgan fingerprint density at radius 3 is 2.47 bits per heavy atom. The monoisotopic (exact) mass is 455 g/mol. The minimum absolute atomic E-state index is 0.0944. The first-order chi connectivity index (χ1) is 15.3. The number of nitrogens with one attached hydrogen (secondary N) is 2. The number of benzene rings is 3. The van der Waals surface area contributed by atoms with Gasteiger partial charge in [0, 0.05) is 22.2 Å². The van der Waals surface area contributed by atoms with Gasteiger partial charge in [-0.1, -0.05) is 6.07 Å². The normalized spacial score (nSPS) is 10.3. The minimum Gasteiger partial charge on any atom is -0.495 e. The predicted octanol–water partition coefficient (Wildman–Crippen LogP) is 4.97. The molecule has 3 aromatic carbocycles. The third-order valence-electron chi connectivity index (χ3n) is 4.44. The maximum atomic E-state index is 13.4. The molecule has 0 atom stereocenters. The van der Waals surface area contributed by atoms with Crippen LogP contribution in [-0.4, -0.2) is 30.1 Å². The molecule has 164 valence electrons. The summed E-state index contributed by atoms with van der Waals surface area (Å²) in [6.07, 6.45) is 1.79. The number of hydrogen-bond donors (Lipinski definition) is 2. The highest BCUT2D eigenvalue weighted by atomic mass is 32.2. The summed E-state index contributed by atoms with van der Waals surface area (Å²) in [6.45, 7) is 0. The smallest absolute Gasteiger partial charge is 0.282 e. The second-order valence-electron chi connectivity index (χ2n) is 6.47. The van der Waals surface area contributed by atoms with Gasteiger partial charge in [0.25, 0.3) is 17.5 Å². The van der Waals surface area contributed by atoms with Crippen LogP contribution in [0.3, 0.4) is 0 Å². The number of nitro benzene ring substituents is 1. The van der Waals surface area contributed by atoms with Crippen LogP contribution in [0.2, 0.25) is 0 Å². The van der Waals surface area contributed by atoms with E-state index in [0.29, 0.717) is 10.6 Å². The fraction of sp³-hybridized carbons (Fsp3) is 0.0909. The van der Waals surface area contributed by atoms with Gasteiger partial charge in [-0.05, 0) is 54.8 Å². The summed E-state index contributed by atoms with van der Waals surface area (Å²) in [5.74, 6) is -1.50. The van der Waals surface area contributed by atoms with Crippen molar-refractivity contribution in [3.05, 3.63) is 87.7 Å². The highest BCUT2D eigenvalue weighted by Crippen LogP contribution is 2.30. The average Bonchev–Trinajstić information content (AvgIpc) is 2.78. The van der Waals surface area contributed by atoms with Crippen molar-refractivity contribution >= 4 is 40.6 Å². The number of anilines is 2. The van der Waals surface area contributed by atoms with Crippen LogP contribution in [0, 0.1) is 15.9 Å². The number of methoxy groups -OCH3 is 1. The van der Waals surface area contributed by atoms with Crippen molar-refractivity contribution in [3.63, 3.8) is 0 Å². The maximum Gasteiger partial charge on any atom is 0.282 e. The molecule has 10 heteroatoms. The van der Waals surface area contributed by atoms with Crippen LogP contribution in [0.15, 0.2) is 65.6 Å². The van der Waals surface area contributed by atoms with E-state index in [1.807, 2.05) is 0 Å². The van der Waals surface area contributed by atoms with Crippen LogP contribution >= 0.6 is 11.8 Å². The van der Waals surface area contributed by atoms with E-state index < -0.39 is 22.6 Å². The lowest BCUT2D eigenvalue weighted by molar-refractivity contribution is -0.385. The number of carbonyl (C=O) groups is 2. The molecule has 0 saturated heterocycles. The number of nitro groups is 1. The van der Waals surface area contributed by atoms with Gasteiger partial charge in [-0.3, -0.25) is 19.7 Å². The molecule has 0 saturated carbocycles. The Bertz CT molecular complexity index is 1200. The number of carbonyl (C=O) groups excluding carboxylic acids is 2. The summed E-state index contributed by atoms with van der Waals surface area (Å²) in [7, 11) is 1.41. The zero-order valence-corrected chi connectivity index (χ0v) is 17.9. The Labute approximate surface area is 186 Å². The van der Waals surface area contributed by atoms with E-state index in [0.717, 1.165) is 6.07 Å². The van der Waals surface area contributed by atoms with Crippen molar-refractivity contribution < 1.29 is 23.6 Å². The number of nitrogens with zero attached hydrogens (tertiary/aromatic N) is 1. The molecular formula is C22H18FN3O5S. The molecule has 0 spiro atoms. The molecule has 3 aromatic rings. The Hall–Kier alpha value is -3.92. The molecule has 32 heavy (non-hydrogen) atoms. The number of amides is 2. The second-order valence-corrected chi connectivity index (χ2v) is 7.35. The van der Waals surface area contributed by atoms with E-state index >= 15 is 0 Å². The van der Waals surface area contributed by atoms with E-state index in [2.05, 4.69) is 10.6 Å². The summed E-state index contributed by atoms with van der Waals surface area (Å²) in [5.41, 5.74) is 0.184. The van der Waals surface area contributed by atoms with Crippen molar-refractivity contribution in [3.8, 4) is 5.75 Å². The van der Waals surface area contributed by atoms with Crippen molar-refractivity contribution in [2.45, 2.75) is 4.90 Å². The third-order valence-corrected chi connectivity index (χ3v) is 5.16. The average molecular weight is 455 g/mol. The van der Waals surface area contributed by atoms with Crippen LogP contribution in [-0.2, 0) is 0 Å². The molecule has 0 aromatic heterocycles. The number of hydrogen-bond acceptors (Lipinski definition) is 6. The summed E-state index contributed by atoms with van der Waals surface area (Å²) >= 11 is 1.35. The second kappa shape index (κ2) is 9.92. The third kappa shape index (κ3) is 5.22. The van der Waals surface area contributed by atoms with E-state index in [9.17, 15) is 24.1 Å². The van der Waals surface area contributed by atoms with Gasteiger partial charge in [0.15, 0.2) is 0 Å². The quantitative estimate of drug-likeness (QED) is 0.296. The van der Waals surface area contributed by atoms with Crippen molar-refractivity contribution in [1.82, 2.24) is 0 Å². The lowest BCUT2D eigenvalue weighted by Crippen LogP contribution is -2.16. The number of rotatable bonds is 7. The Kier molecular flexibility index (Phi) is 7.06. The van der Waals surface area contributed by atoms with Gasteiger partial charge in [0.2, 0.25) is 0 Å². The van der Waals surface area contributed by atoms with Gasteiger partial charge < -0.3 is 15.4 Å². The lowest BCUT2D eigenvalue weighted by Gasteiger charge is -2.13. The SMILES string of the molecule is COc1ccc(NC(=O)c2cc(SC)ccc2[N+](=O)[O-])cc1NC(=O)c1cccc(F)c1. The van der Waals surface area contributed by atoms with Crippen molar-refractivity contribution in [2.75, 3.05) is 24.0 Å². The first kappa shape index (κ1) is 22.8. The van der Waals surface area contributed by atoms with E-state index in [4.69, 9.17) is 4.74 Å². The van der Waals surface area contributed by atoms with Gasteiger partial charge >= 0.3 is 0 Å². The standard InChI is InChI=1S/C22H18FN3O5S/c1-31-20-9-6-15(11-18(20)25-21(27)13-4-3-5-14(23)10-13)24-22(28)17-12-16(32-2)7-8-19(17)26(29)30/h3-12H,1-2H3,(H,24,28)(H,25,27). The van der Waals surface area contributed by atoms with Gasteiger partial charge in [-0.2, -0.15) is 0 Å². The predicted molar refractivity (Wildman–Crippen MR) is 120 cm³/mol. The van der Waals surface area contributed by atoms with Crippen LogP contribution in [0.25, 0.3) is 0 Å². The molecule has 0 unspecified atom stereocenters. The lowest BCUT2D eigenvalue weighted by atomic mass is 10.1. The summed E-state index contributed by atoms with van der Waals surface area (Å²) in [4.78, 5) is 36.6. The Morgan fingerprint density at radius 1 is 1.03 bits per heavy atom. The van der Waals surface area contributed by atoms with Crippen LogP contribution in [0.1, 0.15) is 20.7 Å². The summed E-state index contributed by atoms with van der Waals surface area (Å²) < 4.78 is 18.7. The van der Waals surface area contributed by atoms with Crippen LogP contribution in [0.4, 0.5) is 21.5 Å². The summed E-state index contributed by atoms with van der Waals surface area (Å²) in [6, 6.07) is 13.9. The van der Waals surface area contributed by atoms with Crippen molar-refractivity contribution in [1.29, 1.82) is 0 Å². The highest BCUT2D eigenvalue weighted by Gasteiger charge is 2.21. The molecule has 0 aliphatic rings. The largest absolute Gasteiger partial charge is 0.495 e. The molecule has 0 aliphatic carbocycles. The minimum atomic E-state index is -0.680. The first-order valence-corrected chi connectivity index (χ1v) is 10.4. The zero-order chi connectivity index (χ0) is 23.3. The van der Waals surface area contributed by atoms with Crippen molar-refractivity contribution in [2.24, 2.45) is 0 Å². The Balaban J connectivity index is 1.88. The molecule has 8 nitrogen and oxygen atoms in total. The van der Waals surface area contributed by atoms with Gasteiger partial charge in [-0.25, -0.2) is 4.39 Å². The van der Waals surface area contributed by atoms with Crippen LogP contribution in [0.5, 0.6) is 5.75 Å². The molecular weight excluding hydrogens is 437 g/mol. The number of thioether (sulfide) groups is 1. The van der Waals surface area contributed by atoms with E-state index in [1.54, 1.807) is 12.3 Å². The fourth-order valence-electron chi connectivity index (χ4n) is 2.89. The summed E-state index contributed by atoms with van der Waals surface area (Å²) in [5, 5.41) is 16.5. The maximum absolute atomic E-state index is 13.4. The molecule has 2 N–H and O–H groups in total. The topological polar surface area (TPSA) is 111 Å². The Morgan fingerprint density at radius 2 is 1.81 bits per heavy atom. The van der Waals surface area contributed by atoms with Crippen LogP contribution < -0.4 is 15.4 Å². The number of halogens is 1. The molecule has 0 fully saturated rings. The molecule has 3 rings (SSSR count). The zero-order valence-electron chi connectivity index (χ0n) is 17.0. The first-order valence-electron chi connectivity index (χ1n) is 9.21. The highest BCUT2D eigenvalue weighted by molar-refractivity contribution is 7.98. The van der Waals surface area contributed by atoms with Gasteiger partial charge in [0.05, 0.1) is 17.7 Å². The molecule has 0 heterocycles. The number of ether oxygens (including phenoxy) is 1. The molecule has 0 bridgehead atoms. The molecule has 2 amide bonds.